The highest BCUT2D eigenvalue weighted by Gasteiger charge is 2.44. The first-order valence-electron chi connectivity index (χ1n) is 11.0. The fourth-order valence-electron chi connectivity index (χ4n) is 4.14. The molecular formula is C23H26F3N5O2S. The zero-order chi connectivity index (χ0) is 24.3. The summed E-state index contributed by atoms with van der Waals surface area (Å²) in [5.41, 5.74) is 1.29. The van der Waals surface area contributed by atoms with E-state index in [9.17, 15) is 22.8 Å². The Morgan fingerprint density at radius 3 is 2.53 bits per heavy atom. The molecule has 3 N–H and O–H groups in total. The van der Waals surface area contributed by atoms with Gasteiger partial charge in [-0.1, -0.05) is 24.1 Å². The number of nitrogens with zero attached hydrogens (tertiary/aromatic N) is 2. The van der Waals surface area contributed by atoms with Crippen LogP contribution in [0.4, 0.5) is 29.5 Å². The summed E-state index contributed by atoms with van der Waals surface area (Å²) in [5, 5.41) is 5.00. The van der Waals surface area contributed by atoms with Crippen molar-refractivity contribution in [3.8, 4) is 0 Å². The number of amides is 3. The Morgan fingerprint density at radius 1 is 1.21 bits per heavy atom. The molecule has 11 heteroatoms. The van der Waals surface area contributed by atoms with Gasteiger partial charge in [-0.25, -0.2) is 9.78 Å². The number of piperidine rings is 1. The van der Waals surface area contributed by atoms with Gasteiger partial charge in [0, 0.05) is 30.4 Å². The van der Waals surface area contributed by atoms with Crippen molar-refractivity contribution < 1.29 is 22.8 Å². The van der Waals surface area contributed by atoms with Crippen molar-refractivity contribution in [2.75, 3.05) is 29.6 Å². The number of carbonyl (C=O) groups excluding carboxylic acids is 2. The summed E-state index contributed by atoms with van der Waals surface area (Å²) >= 11 is 1.60. The summed E-state index contributed by atoms with van der Waals surface area (Å²) in [6, 6.07) is 8.50. The molecule has 4 rings (SSSR count). The summed E-state index contributed by atoms with van der Waals surface area (Å²) < 4.78 is 41.3. The van der Waals surface area contributed by atoms with Gasteiger partial charge in [-0.15, -0.1) is 0 Å². The van der Waals surface area contributed by atoms with Crippen LogP contribution in [0.1, 0.15) is 36.8 Å². The topological polar surface area (TPSA) is 86.4 Å². The van der Waals surface area contributed by atoms with Crippen LogP contribution in [0.15, 0.2) is 42.6 Å². The molecule has 182 valence electrons. The highest BCUT2D eigenvalue weighted by atomic mass is 32.2. The number of hydrogen-bond acceptors (Lipinski definition) is 5. The number of anilines is 2. The van der Waals surface area contributed by atoms with Crippen molar-refractivity contribution in [1.82, 2.24) is 15.0 Å². The summed E-state index contributed by atoms with van der Waals surface area (Å²) in [4.78, 5) is 30.7. The van der Waals surface area contributed by atoms with E-state index in [1.807, 2.05) is 18.4 Å². The molecule has 1 aliphatic carbocycles. The van der Waals surface area contributed by atoms with Crippen LogP contribution in [0.2, 0.25) is 0 Å². The summed E-state index contributed by atoms with van der Waals surface area (Å²) in [6.45, 7) is 1.46. The average Bonchev–Trinajstić information content (AvgIpc) is 3.60. The predicted molar refractivity (Wildman–Crippen MR) is 126 cm³/mol. The molecule has 1 saturated heterocycles. The number of aromatic nitrogens is 1. The molecular weight excluding hydrogens is 467 g/mol. The number of pyridine rings is 1. The number of carbonyl (C=O) groups is 2. The number of hydrogen-bond donors (Lipinski definition) is 3. The van der Waals surface area contributed by atoms with Crippen LogP contribution in [0.5, 0.6) is 0 Å². The Kier molecular flexibility index (Phi) is 7.04. The molecule has 2 heterocycles. The van der Waals surface area contributed by atoms with Crippen LogP contribution >= 0.6 is 11.9 Å². The number of benzene rings is 1. The van der Waals surface area contributed by atoms with Gasteiger partial charge in [0.2, 0.25) is 5.91 Å². The minimum absolute atomic E-state index is 0.0360. The first kappa shape index (κ1) is 24.3. The lowest BCUT2D eigenvalue weighted by Gasteiger charge is -2.33. The van der Waals surface area contributed by atoms with Crippen molar-refractivity contribution in [3.05, 3.63) is 53.7 Å². The fourth-order valence-corrected chi connectivity index (χ4v) is 4.56. The van der Waals surface area contributed by atoms with Gasteiger partial charge in [0.15, 0.2) is 0 Å². The van der Waals surface area contributed by atoms with E-state index in [0.29, 0.717) is 25.6 Å². The average molecular weight is 494 g/mol. The van der Waals surface area contributed by atoms with Crippen molar-refractivity contribution >= 4 is 35.4 Å². The lowest BCUT2D eigenvalue weighted by Crippen LogP contribution is -2.53. The van der Waals surface area contributed by atoms with Crippen LogP contribution in [0.25, 0.3) is 0 Å². The molecule has 0 radical (unpaired) electrons. The van der Waals surface area contributed by atoms with E-state index in [2.05, 4.69) is 32.5 Å². The zero-order valence-electron chi connectivity index (χ0n) is 18.6. The van der Waals surface area contributed by atoms with Crippen molar-refractivity contribution in [3.63, 3.8) is 0 Å². The number of urea groups is 1. The number of halogens is 3. The maximum Gasteiger partial charge on any atom is 0.417 e. The smallest absolute Gasteiger partial charge is 0.326 e. The second kappa shape index (κ2) is 9.83. The van der Waals surface area contributed by atoms with Gasteiger partial charge >= 0.3 is 12.2 Å². The molecule has 3 amide bonds. The molecule has 1 aromatic heterocycles. The van der Waals surface area contributed by atoms with Crippen LogP contribution in [-0.4, -0.2) is 42.3 Å². The predicted octanol–water partition coefficient (Wildman–Crippen LogP) is 4.32. The first-order chi connectivity index (χ1) is 16.2. The van der Waals surface area contributed by atoms with Crippen LogP contribution in [-0.2, 0) is 16.4 Å². The van der Waals surface area contributed by atoms with Crippen LogP contribution in [0, 0.1) is 0 Å². The molecule has 2 aliphatic rings. The Morgan fingerprint density at radius 2 is 1.94 bits per heavy atom. The molecule has 1 saturated carbocycles. The number of alkyl halides is 3. The van der Waals surface area contributed by atoms with E-state index in [1.165, 1.54) is 5.56 Å². The molecule has 1 aliphatic heterocycles. The summed E-state index contributed by atoms with van der Waals surface area (Å²) in [7, 11) is 0. The highest BCUT2D eigenvalue weighted by Crippen LogP contribution is 2.48. The summed E-state index contributed by atoms with van der Waals surface area (Å²) in [6.07, 6.45) is 1.61. The van der Waals surface area contributed by atoms with E-state index in [4.69, 9.17) is 0 Å². The van der Waals surface area contributed by atoms with Crippen molar-refractivity contribution in [2.45, 2.75) is 43.3 Å². The Labute approximate surface area is 200 Å². The van der Waals surface area contributed by atoms with Crippen LogP contribution in [0.3, 0.4) is 0 Å². The maximum absolute atomic E-state index is 13.0. The van der Waals surface area contributed by atoms with E-state index >= 15 is 0 Å². The molecule has 1 aromatic carbocycles. The maximum atomic E-state index is 13.0. The third kappa shape index (κ3) is 5.47. The number of rotatable bonds is 7. The number of nitrogens with one attached hydrogen (secondary N) is 3. The second-order valence-corrected chi connectivity index (χ2v) is 9.26. The Bertz CT molecular complexity index is 1030. The molecule has 1 unspecified atom stereocenters. The summed E-state index contributed by atoms with van der Waals surface area (Å²) in [5.74, 6) is -0.258. The van der Waals surface area contributed by atoms with E-state index in [1.54, 1.807) is 16.8 Å². The third-order valence-corrected chi connectivity index (χ3v) is 6.71. The third-order valence-electron chi connectivity index (χ3n) is 6.28. The molecule has 2 aromatic rings. The van der Waals surface area contributed by atoms with E-state index < -0.39 is 23.8 Å². The van der Waals surface area contributed by atoms with E-state index in [-0.39, 0.29) is 17.1 Å². The van der Waals surface area contributed by atoms with Crippen molar-refractivity contribution in [2.24, 2.45) is 0 Å². The van der Waals surface area contributed by atoms with Crippen LogP contribution < -0.4 is 20.3 Å². The Balaban J connectivity index is 1.36. The lowest BCUT2D eigenvalue weighted by molar-refractivity contribution is -0.137. The second-order valence-electron chi connectivity index (χ2n) is 8.57. The van der Waals surface area contributed by atoms with Gasteiger partial charge in [-0.05, 0) is 61.8 Å². The molecule has 2 fully saturated rings. The van der Waals surface area contributed by atoms with Gasteiger partial charge in [0.25, 0.3) is 0 Å². The van der Waals surface area contributed by atoms with Gasteiger partial charge < -0.3 is 10.2 Å². The molecule has 0 bridgehead atoms. The van der Waals surface area contributed by atoms with Gasteiger partial charge in [-0.3, -0.25) is 14.8 Å². The van der Waals surface area contributed by atoms with E-state index in [0.717, 1.165) is 37.2 Å². The van der Waals surface area contributed by atoms with Crippen molar-refractivity contribution in [1.29, 1.82) is 0 Å². The standard InChI is InChI=1S/C23H26F3N5O2S/c1-34-28-14-22(10-11-22)15-4-7-17(8-5-15)31-12-2-3-18(20(31)32)29-21(33)30-19-9-6-16(13-27-19)23(24,25)26/h4-9,13,18,28H,2-3,10-12,14H2,1H3,(H2,27,29,30,33). The molecule has 0 spiro atoms. The zero-order valence-corrected chi connectivity index (χ0v) is 19.4. The minimum Gasteiger partial charge on any atom is -0.326 e. The molecule has 34 heavy (non-hydrogen) atoms. The lowest BCUT2D eigenvalue weighted by atomic mass is 9.95. The van der Waals surface area contributed by atoms with Gasteiger partial charge in [0.1, 0.15) is 11.9 Å². The SMILES string of the molecule is CSNCC1(c2ccc(N3CCCC(NC(=O)Nc4ccc(C(F)(F)F)cn4)C3=O)cc2)CC1. The normalized spacial score (nSPS) is 19.6. The van der Waals surface area contributed by atoms with Gasteiger partial charge in [0.05, 0.1) is 5.56 Å². The first-order valence-corrected chi connectivity index (χ1v) is 12.2. The Hall–Kier alpha value is -2.79. The fraction of sp³-hybridized carbons (Fsp3) is 0.435. The van der Waals surface area contributed by atoms with Gasteiger partial charge in [-0.2, -0.15) is 13.2 Å². The molecule has 7 nitrogen and oxygen atoms in total. The monoisotopic (exact) mass is 493 g/mol. The highest BCUT2D eigenvalue weighted by molar-refractivity contribution is 7.96. The minimum atomic E-state index is -4.51. The quantitative estimate of drug-likeness (QED) is 0.501. The molecule has 1 atom stereocenters. The largest absolute Gasteiger partial charge is 0.417 e.